The number of aliphatic hydroxyl groups is 1. The molecule has 0 spiro atoms. The van der Waals surface area contributed by atoms with Gasteiger partial charge in [0.1, 0.15) is 40.7 Å². The number of aromatic nitrogens is 8. The molecule has 3 heterocycles. The van der Waals surface area contributed by atoms with Crippen LogP contribution in [0.1, 0.15) is 5.56 Å². The molecule has 0 aliphatic rings. The Hall–Kier alpha value is -4.04. The van der Waals surface area contributed by atoms with E-state index in [9.17, 15) is 18.3 Å². The zero-order valence-corrected chi connectivity index (χ0v) is 18.5. The predicted octanol–water partition coefficient (Wildman–Crippen LogP) is 3.08. The molecule has 5 rings (SSSR count). The van der Waals surface area contributed by atoms with Crippen LogP contribution in [0.25, 0.3) is 11.5 Å². The highest BCUT2D eigenvalue weighted by atomic mass is 32.2. The summed E-state index contributed by atoms with van der Waals surface area (Å²) >= 11 is 1.02. The number of halogens is 3. The molecule has 0 saturated heterocycles. The van der Waals surface area contributed by atoms with Crippen molar-refractivity contribution in [3.05, 3.63) is 84.3 Å². The van der Waals surface area contributed by atoms with Crippen LogP contribution in [-0.4, -0.2) is 45.1 Å². The fraction of sp³-hybridized carbons (Fsp3) is 0.143. The van der Waals surface area contributed by atoms with Gasteiger partial charge in [0.25, 0.3) is 5.22 Å². The molecule has 0 bridgehead atoms. The molecule has 2 aromatic carbocycles. The lowest BCUT2D eigenvalue weighted by atomic mass is 9.93. The first-order valence-corrected chi connectivity index (χ1v) is 10.9. The summed E-state index contributed by atoms with van der Waals surface area (Å²) < 4.78 is 49.4. The minimum atomic E-state index is -1.86. The SMILES string of the molecule is OC(Cn1cncn1)(Cn1cc(Sc2nnc(-c3ccc(F)cc3)o2)nn1)c1ccc(F)cc1F. The Morgan fingerprint density at radius 1 is 0.943 bits per heavy atom. The Morgan fingerprint density at radius 2 is 1.71 bits per heavy atom. The topological polar surface area (TPSA) is 121 Å². The van der Waals surface area contributed by atoms with Crippen molar-refractivity contribution in [2.75, 3.05) is 0 Å². The summed E-state index contributed by atoms with van der Waals surface area (Å²) in [6, 6.07) is 8.50. The second kappa shape index (κ2) is 9.31. The smallest absolute Gasteiger partial charge is 0.283 e. The minimum Gasteiger partial charge on any atom is -0.411 e. The highest BCUT2D eigenvalue weighted by Gasteiger charge is 2.35. The second-order valence-electron chi connectivity index (χ2n) is 7.49. The van der Waals surface area contributed by atoms with Gasteiger partial charge in [0.05, 0.1) is 19.3 Å². The maximum atomic E-state index is 14.6. The van der Waals surface area contributed by atoms with E-state index in [2.05, 4.69) is 30.6 Å². The third-order valence-corrected chi connectivity index (χ3v) is 5.69. The number of rotatable bonds is 8. The Kier molecular flexibility index (Phi) is 6.05. The zero-order chi connectivity index (χ0) is 24.4. The molecule has 1 atom stereocenters. The zero-order valence-electron chi connectivity index (χ0n) is 17.7. The molecule has 0 aliphatic carbocycles. The first kappa shape index (κ1) is 22.7. The van der Waals surface area contributed by atoms with Crippen molar-refractivity contribution in [1.82, 2.24) is 40.0 Å². The van der Waals surface area contributed by atoms with Gasteiger partial charge < -0.3 is 9.52 Å². The van der Waals surface area contributed by atoms with Gasteiger partial charge in [-0.2, -0.15) is 5.10 Å². The van der Waals surface area contributed by atoms with E-state index in [0.717, 1.165) is 17.8 Å². The van der Waals surface area contributed by atoms with Gasteiger partial charge in [0.15, 0.2) is 0 Å². The van der Waals surface area contributed by atoms with Gasteiger partial charge in [-0.3, -0.25) is 0 Å². The van der Waals surface area contributed by atoms with Crippen molar-refractivity contribution in [2.45, 2.75) is 28.9 Å². The van der Waals surface area contributed by atoms with Crippen LogP contribution >= 0.6 is 11.8 Å². The standard InChI is InChI=1S/C21H15F3N8O2S/c22-14-3-1-13(2-4-14)19-28-29-20(34-19)35-18-8-31(30-27-18)9-21(33,10-32-12-25-11-26-32)16-6-5-15(23)7-17(16)24/h1-8,11-12,33H,9-10H2. The number of hydrogen-bond acceptors (Lipinski definition) is 9. The molecule has 1 N–H and O–H groups in total. The highest BCUT2D eigenvalue weighted by Crippen LogP contribution is 2.31. The largest absolute Gasteiger partial charge is 0.411 e. The van der Waals surface area contributed by atoms with E-state index in [1.165, 1.54) is 58.5 Å². The van der Waals surface area contributed by atoms with Crippen molar-refractivity contribution in [2.24, 2.45) is 0 Å². The fourth-order valence-corrected chi connectivity index (χ4v) is 4.02. The van der Waals surface area contributed by atoms with Gasteiger partial charge in [-0.1, -0.05) is 11.3 Å². The lowest BCUT2D eigenvalue weighted by Crippen LogP contribution is -2.37. The van der Waals surface area contributed by atoms with Crippen LogP contribution in [-0.2, 0) is 18.7 Å². The van der Waals surface area contributed by atoms with Crippen molar-refractivity contribution in [3.8, 4) is 11.5 Å². The van der Waals surface area contributed by atoms with Gasteiger partial charge in [-0.25, -0.2) is 27.5 Å². The van der Waals surface area contributed by atoms with E-state index in [0.29, 0.717) is 16.7 Å². The summed E-state index contributed by atoms with van der Waals surface area (Å²) in [5, 5.41) is 31.8. The molecule has 178 valence electrons. The van der Waals surface area contributed by atoms with Crippen LogP contribution in [0.2, 0.25) is 0 Å². The van der Waals surface area contributed by atoms with Crippen molar-refractivity contribution in [3.63, 3.8) is 0 Å². The molecule has 1 unspecified atom stereocenters. The van der Waals surface area contributed by atoms with Crippen molar-refractivity contribution < 1.29 is 22.7 Å². The summed E-state index contributed by atoms with van der Waals surface area (Å²) in [7, 11) is 0. The Morgan fingerprint density at radius 3 is 2.46 bits per heavy atom. The quantitative estimate of drug-likeness (QED) is 0.343. The molecule has 10 nitrogen and oxygen atoms in total. The van der Waals surface area contributed by atoms with E-state index in [4.69, 9.17) is 4.42 Å². The molecule has 5 aromatic rings. The first-order chi connectivity index (χ1) is 16.9. The van der Waals surface area contributed by atoms with Crippen molar-refractivity contribution >= 4 is 11.8 Å². The van der Waals surface area contributed by atoms with Crippen LogP contribution in [0.5, 0.6) is 0 Å². The second-order valence-corrected chi connectivity index (χ2v) is 8.46. The Labute approximate surface area is 199 Å². The van der Waals surface area contributed by atoms with Crippen LogP contribution in [0.15, 0.2) is 76.0 Å². The number of benzene rings is 2. The predicted molar refractivity (Wildman–Crippen MR) is 114 cm³/mol. The van der Waals surface area contributed by atoms with E-state index >= 15 is 0 Å². The van der Waals surface area contributed by atoms with Gasteiger partial charge in [0, 0.05) is 17.2 Å². The van der Waals surface area contributed by atoms with Crippen molar-refractivity contribution in [1.29, 1.82) is 0 Å². The van der Waals surface area contributed by atoms with E-state index in [-0.39, 0.29) is 35.6 Å². The lowest BCUT2D eigenvalue weighted by molar-refractivity contribution is -0.00893. The first-order valence-electron chi connectivity index (χ1n) is 10.1. The normalized spacial score (nSPS) is 13.1. The van der Waals surface area contributed by atoms with Gasteiger partial charge >= 0.3 is 0 Å². The van der Waals surface area contributed by atoms with Gasteiger partial charge in [-0.15, -0.1) is 15.3 Å². The maximum Gasteiger partial charge on any atom is 0.283 e. The van der Waals surface area contributed by atoms with Crippen LogP contribution in [0.4, 0.5) is 13.2 Å². The third kappa shape index (κ3) is 5.07. The Balaban J connectivity index is 1.36. The summed E-state index contributed by atoms with van der Waals surface area (Å²) in [5.41, 5.74) is -1.45. The molecule has 0 saturated carbocycles. The minimum absolute atomic E-state index is 0.139. The monoisotopic (exact) mass is 500 g/mol. The lowest BCUT2D eigenvalue weighted by Gasteiger charge is -2.28. The molecular weight excluding hydrogens is 485 g/mol. The number of hydrogen-bond donors (Lipinski definition) is 1. The molecule has 3 aromatic heterocycles. The molecule has 0 amide bonds. The molecule has 0 fully saturated rings. The Bertz CT molecular complexity index is 1440. The highest BCUT2D eigenvalue weighted by molar-refractivity contribution is 7.99. The number of nitrogens with zero attached hydrogens (tertiary/aromatic N) is 8. The maximum absolute atomic E-state index is 14.6. The molecule has 35 heavy (non-hydrogen) atoms. The third-order valence-electron chi connectivity index (χ3n) is 4.95. The van der Waals surface area contributed by atoms with Gasteiger partial charge in [0.2, 0.25) is 5.89 Å². The summed E-state index contributed by atoms with van der Waals surface area (Å²) in [4.78, 5) is 3.83. The van der Waals surface area contributed by atoms with E-state index in [1.54, 1.807) is 0 Å². The summed E-state index contributed by atoms with van der Waals surface area (Å²) in [6.45, 7) is -0.407. The summed E-state index contributed by atoms with van der Waals surface area (Å²) in [5.74, 6) is -1.87. The molecule has 0 aliphatic heterocycles. The van der Waals surface area contributed by atoms with E-state index < -0.39 is 17.2 Å². The van der Waals surface area contributed by atoms with Crippen LogP contribution in [0.3, 0.4) is 0 Å². The molecular formula is C21H15F3N8O2S. The van der Waals surface area contributed by atoms with E-state index in [1.807, 2.05) is 0 Å². The molecule has 0 radical (unpaired) electrons. The molecule has 14 heteroatoms. The average Bonchev–Trinajstić information content (AvgIpc) is 3.58. The van der Waals surface area contributed by atoms with Crippen LogP contribution in [0, 0.1) is 17.5 Å². The van der Waals surface area contributed by atoms with Crippen LogP contribution < -0.4 is 0 Å². The van der Waals surface area contributed by atoms with Gasteiger partial charge in [-0.05, 0) is 42.1 Å². The average molecular weight is 500 g/mol. The fourth-order valence-electron chi connectivity index (χ4n) is 3.39. The summed E-state index contributed by atoms with van der Waals surface area (Å²) in [6.07, 6.45) is 4.14.